The average Bonchev–Trinajstić information content (AvgIpc) is 3.30. The highest BCUT2D eigenvalue weighted by molar-refractivity contribution is 5.81. The predicted molar refractivity (Wildman–Crippen MR) is 242 cm³/mol. The molecular weight excluding hydrogens is 781 g/mol. The van der Waals surface area contributed by atoms with Gasteiger partial charge in [-0.2, -0.15) is 0 Å². The maximum Gasteiger partial charge on any atom is 0.330 e. The van der Waals surface area contributed by atoms with Gasteiger partial charge in [-0.1, -0.05) is 84.3 Å². The molecule has 9 nitrogen and oxygen atoms in total. The van der Waals surface area contributed by atoms with Gasteiger partial charge in [0.15, 0.2) is 11.2 Å². The Morgan fingerprint density at radius 1 is 0.565 bits per heavy atom. The highest BCUT2D eigenvalue weighted by Gasteiger charge is 2.43. The van der Waals surface area contributed by atoms with Crippen molar-refractivity contribution in [3.05, 3.63) is 25.3 Å². The van der Waals surface area contributed by atoms with Gasteiger partial charge in [0.05, 0.1) is 38.4 Å². The van der Waals surface area contributed by atoms with E-state index in [9.17, 15) is 14.4 Å². The summed E-state index contributed by atoms with van der Waals surface area (Å²) in [6.07, 6.45) is 29.7. The predicted octanol–water partition coefficient (Wildman–Crippen LogP) is 11.4. The highest BCUT2D eigenvalue weighted by atomic mass is 17.2. The molecule has 5 fully saturated rings. The van der Waals surface area contributed by atoms with Gasteiger partial charge in [0.1, 0.15) is 0 Å². The van der Waals surface area contributed by atoms with E-state index in [-0.39, 0.29) is 31.2 Å². The van der Waals surface area contributed by atoms with Crippen molar-refractivity contribution in [1.29, 1.82) is 0 Å². The molecule has 0 unspecified atom stereocenters. The van der Waals surface area contributed by atoms with Crippen molar-refractivity contribution in [1.82, 2.24) is 0 Å². The second-order valence-corrected chi connectivity index (χ2v) is 19.4. The fraction of sp³-hybridized carbons (Fsp3) is 0.792. The third-order valence-electron chi connectivity index (χ3n) is 15.2. The van der Waals surface area contributed by atoms with Crippen LogP contribution in [-0.2, 0) is 43.1 Å². The molecular formula is C53H80O9. The summed E-state index contributed by atoms with van der Waals surface area (Å²) in [6, 6.07) is 0. The highest BCUT2D eigenvalue weighted by Crippen LogP contribution is 2.46. The zero-order valence-corrected chi connectivity index (χ0v) is 38.6. The normalized spacial score (nSPS) is 32.4. The molecule has 5 rings (SSSR count). The standard InChI is InChI=1S/C53H80O9/c1-5-13-41-15-19-43(20-16-41)45-27-33-52(34-28-45,61-51(56)47-23-25-48(26-24-47)57-37-11-38-58-49(54)7-3)31-9-10-32-53(62-60-40-12-39-59-50(55)8-4)35-29-46(30-36-53)44-21-17-42(14-6-2)18-22-44/h7-8,41-48H,3-6,11-30,33-40H2,1-2H3. The maximum atomic E-state index is 13.9. The van der Waals surface area contributed by atoms with E-state index in [1.54, 1.807) is 0 Å². The van der Waals surface area contributed by atoms with Crippen molar-refractivity contribution >= 4 is 17.9 Å². The lowest BCUT2D eigenvalue weighted by molar-refractivity contribution is -0.353. The SMILES string of the molecule is C=CC(=O)OCCCOOC1(C#CC#CC2(OC(=O)C3CCC(OCCCOC(=O)C=C)CC3)CCC(C3CCC(CCC)CC3)CC2)CCC(C2CCC(CCC)CC2)CC1. The number of esters is 3. The van der Waals surface area contributed by atoms with Crippen LogP contribution in [0.25, 0.3) is 0 Å². The molecule has 5 aliphatic carbocycles. The molecule has 0 aromatic heterocycles. The molecule has 0 aromatic rings. The van der Waals surface area contributed by atoms with Gasteiger partial charge in [-0.25, -0.2) is 19.4 Å². The van der Waals surface area contributed by atoms with Crippen molar-refractivity contribution in [2.24, 2.45) is 41.4 Å². The quantitative estimate of drug-likeness (QED) is 0.0212. The molecule has 0 N–H and O–H groups in total. The first-order valence-electron chi connectivity index (χ1n) is 25.0. The average molecular weight is 861 g/mol. The Morgan fingerprint density at radius 2 is 1.02 bits per heavy atom. The number of rotatable bonds is 21. The van der Waals surface area contributed by atoms with Crippen LogP contribution in [0.5, 0.6) is 0 Å². The van der Waals surface area contributed by atoms with Crippen molar-refractivity contribution in [3.8, 4) is 23.7 Å². The van der Waals surface area contributed by atoms with E-state index in [0.717, 1.165) is 107 Å². The molecule has 0 radical (unpaired) electrons. The molecule has 62 heavy (non-hydrogen) atoms. The van der Waals surface area contributed by atoms with E-state index >= 15 is 0 Å². The summed E-state index contributed by atoms with van der Waals surface area (Å²) in [5.74, 6) is 16.8. The van der Waals surface area contributed by atoms with Crippen molar-refractivity contribution < 1.29 is 43.1 Å². The van der Waals surface area contributed by atoms with E-state index in [4.69, 9.17) is 28.7 Å². The fourth-order valence-electron chi connectivity index (χ4n) is 11.4. The Labute approximate surface area is 374 Å². The van der Waals surface area contributed by atoms with Gasteiger partial charge in [-0.3, -0.25) is 4.79 Å². The van der Waals surface area contributed by atoms with Gasteiger partial charge in [-0.15, -0.1) is 0 Å². The van der Waals surface area contributed by atoms with Crippen LogP contribution in [0.1, 0.15) is 181 Å². The summed E-state index contributed by atoms with van der Waals surface area (Å²) >= 11 is 0. The smallest absolute Gasteiger partial charge is 0.330 e. The number of carbonyl (C=O) groups excluding carboxylic acids is 3. The van der Waals surface area contributed by atoms with Gasteiger partial charge >= 0.3 is 17.9 Å². The van der Waals surface area contributed by atoms with Crippen molar-refractivity contribution in [2.45, 2.75) is 198 Å². The van der Waals surface area contributed by atoms with E-state index in [1.165, 1.54) is 83.1 Å². The van der Waals surface area contributed by atoms with Crippen LogP contribution in [0, 0.1) is 65.1 Å². The minimum Gasteiger partial charge on any atom is -0.462 e. The number of hydrogen-bond acceptors (Lipinski definition) is 9. The first kappa shape index (κ1) is 49.9. The Balaban J connectivity index is 1.22. The van der Waals surface area contributed by atoms with E-state index in [2.05, 4.69) is 50.7 Å². The number of ether oxygens (including phenoxy) is 4. The second-order valence-electron chi connectivity index (χ2n) is 19.4. The Bertz CT molecular complexity index is 1510. The molecule has 0 aliphatic heterocycles. The molecule has 0 saturated heterocycles. The van der Waals surface area contributed by atoms with Gasteiger partial charge in [0, 0.05) is 25.0 Å². The lowest BCUT2D eigenvalue weighted by Crippen LogP contribution is -2.42. The minimum atomic E-state index is -0.848. The van der Waals surface area contributed by atoms with Crippen LogP contribution in [0.2, 0.25) is 0 Å². The van der Waals surface area contributed by atoms with Crippen LogP contribution in [0.3, 0.4) is 0 Å². The Kier molecular flexibility index (Phi) is 21.4. The fourth-order valence-corrected chi connectivity index (χ4v) is 11.4. The summed E-state index contributed by atoms with van der Waals surface area (Å²) < 4.78 is 22.8. The van der Waals surface area contributed by atoms with Crippen LogP contribution in [0.4, 0.5) is 0 Å². The topological polar surface area (TPSA) is 107 Å². The maximum absolute atomic E-state index is 13.9. The van der Waals surface area contributed by atoms with Gasteiger partial charge < -0.3 is 18.9 Å². The summed E-state index contributed by atoms with van der Waals surface area (Å²) in [4.78, 5) is 48.7. The molecule has 0 atom stereocenters. The van der Waals surface area contributed by atoms with Crippen LogP contribution >= 0.6 is 0 Å². The largest absolute Gasteiger partial charge is 0.462 e. The molecule has 0 heterocycles. The third-order valence-corrected chi connectivity index (χ3v) is 15.2. The van der Waals surface area contributed by atoms with Crippen molar-refractivity contribution in [2.75, 3.05) is 26.4 Å². The minimum absolute atomic E-state index is 0.0882. The summed E-state index contributed by atoms with van der Waals surface area (Å²) in [7, 11) is 0. The summed E-state index contributed by atoms with van der Waals surface area (Å²) in [5.41, 5.74) is -1.61. The number of hydrogen-bond donors (Lipinski definition) is 0. The lowest BCUT2D eigenvalue weighted by atomic mass is 9.67. The Morgan fingerprint density at radius 3 is 1.50 bits per heavy atom. The molecule has 5 aliphatic rings. The van der Waals surface area contributed by atoms with Crippen LogP contribution in [-0.4, -0.2) is 61.6 Å². The summed E-state index contributed by atoms with van der Waals surface area (Å²) in [5, 5.41) is 0. The molecule has 0 spiro atoms. The molecule has 0 amide bonds. The zero-order valence-electron chi connectivity index (χ0n) is 38.6. The van der Waals surface area contributed by atoms with Crippen LogP contribution < -0.4 is 0 Å². The first-order valence-corrected chi connectivity index (χ1v) is 25.0. The third kappa shape index (κ3) is 16.2. The van der Waals surface area contributed by atoms with E-state index < -0.39 is 23.1 Å². The van der Waals surface area contributed by atoms with Crippen LogP contribution in [0.15, 0.2) is 25.3 Å². The Hall–Kier alpha value is -3.11. The van der Waals surface area contributed by atoms with Gasteiger partial charge in [0.25, 0.3) is 0 Å². The summed E-state index contributed by atoms with van der Waals surface area (Å²) in [6.45, 7) is 12.8. The second kappa shape index (κ2) is 26.6. The first-order chi connectivity index (χ1) is 30.2. The lowest BCUT2D eigenvalue weighted by Gasteiger charge is -2.41. The molecule has 0 aromatic carbocycles. The van der Waals surface area contributed by atoms with Crippen molar-refractivity contribution in [3.63, 3.8) is 0 Å². The molecule has 0 bridgehead atoms. The monoisotopic (exact) mass is 861 g/mol. The van der Waals surface area contributed by atoms with Gasteiger partial charge in [-0.05, 0) is 156 Å². The molecule has 9 heteroatoms. The number of carbonyl (C=O) groups is 3. The molecule has 346 valence electrons. The van der Waals surface area contributed by atoms with Gasteiger partial charge in [0.2, 0.25) is 0 Å². The van der Waals surface area contributed by atoms with E-state index in [0.29, 0.717) is 37.9 Å². The van der Waals surface area contributed by atoms with E-state index in [1.807, 2.05) is 0 Å². The molecule has 5 saturated carbocycles. The zero-order chi connectivity index (χ0) is 44.0.